The highest BCUT2D eigenvalue weighted by Crippen LogP contribution is 2.13. The SMILES string of the molecule is CNC(=O)c1ccc2nc(CC#N)[nH]c2c1. The summed E-state index contributed by atoms with van der Waals surface area (Å²) in [6.07, 6.45) is 0.240. The van der Waals surface area contributed by atoms with Crippen molar-refractivity contribution in [2.45, 2.75) is 6.42 Å². The maximum Gasteiger partial charge on any atom is 0.251 e. The van der Waals surface area contributed by atoms with Gasteiger partial charge in [0.25, 0.3) is 5.91 Å². The van der Waals surface area contributed by atoms with Crippen LogP contribution < -0.4 is 5.32 Å². The summed E-state index contributed by atoms with van der Waals surface area (Å²) in [6, 6.07) is 7.21. The highest BCUT2D eigenvalue weighted by atomic mass is 16.1. The highest BCUT2D eigenvalue weighted by molar-refractivity contribution is 5.97. The molecule has 2 rings (SSSR count). The van der Waals surface area contributed by atoms with E-state index in [0.717, 1.165) is 11.0 Å². The van der Waals surface area contributed by atoms with Crippen LogP contribution in [0, 0.1) is 11.3 Å². The summed E-state index contributed by atoms with van der Waals surface area (Å²) in [5.41, 5.74) is 2.10. The van der Waals surface area contributed by atoms with Crippen molar-refractivity contribution in [3.63, 3.8) is 0 Å². The van der Waals surface area contributed by atoms with E-state index in [1.807, 2.05) is 6.07 Å². The molecule has 0 aliphatic heterocycles. The second-order valence-corrected chi connectivity index (χ2v) is 3.33. The van der Waals surface area contributed by atoms with Gasteiger partial charge in [-0.05, 0) is 18.2 Å². The van der Waals surface area contributed by atoms with Gasteiger partial charge in [0, 0.05) is 12.6 Å². The lowest BCUT2D eigenvalue weighted by Gasteiger charge is -1.98. The Morgan fingerprint density at radius 1 is 1.62 bits per heavy atom. The maximum atomic E-state index is 11.4. The minimum Gasteiger partial charge on any atom is -0.355 e. The molecule has 0 bridgehead atoms. The molecular formula is C11H10N4O. The highest BCUT2D eigenvalue weighted by Gasteiger charge is 2.07. The molecule has 0 atom stereocenters. The van der Waals surface area contributed by atoms with Gasteiger partial charge in [-0.15, -0.1) is 0 Å². The number of rotatable bonds is 2. The molecule has 1 aromatic carbocycles. The number of nitrogens with one attached hydrogen (secondary N) is 2. The van der Waals surface area contributed by atoms with Gasteiger partial charge in [0.15, 0.2) is 0 Å². The Bertz CT molecular complexity index is 579. The van der Waals surface area contributed by atoms with Gasteiger partial charge in [0.1, 0.15) is 5.82 Å². The second-order valence-electron chi connectivity index (χ2n) is 3.33. The van der Waals surface area contributed by atoms with E-state index in [0.29, 0.717) is 11.4 Å². The van der Waals surface area contributed by atoms with E-state index >= 15 is 0 Å². The van der Waals surface area contributed by atoms with Crippen molar-refractivity contribution in [3.8, 4) is 6.07 Å². The summed E-state index contributed by atoms with van der Waals surface area (Å²) in [5, 5.41) is 11.1. The van der Waals surface area contributed by atoms with Crippen LogP contribution in [0.2, 0.25) is 0 Å². The van der Waals surface area contributed by atoms with Gasteiger partial charge in [-0.2, -0.15) is 5.26 Å². The molecule has 2 N–H and O–H groups in total. The number of amides is 1. The first-order chi connectivity index (χ1) is 7.74. The summed E-state index contributed by atoms with van der Waals surface area (Å²) in [6.45, 7) is 0. The molecule has 0 radical (unpaired) electrons. The van der Waals surface area contributed by atoms with Crippen molar-refractivity contribution in [2.24, 2.45) is 0 Å². The van der Waals surface area contributed by atoms with Gasteiger partial charge in [0.2, 0.25) is 0 Å². The van der Waals surface area contributed by atoms with Gasteiger partial charge in [-0.25, -0.2) is 4.98 Å². The number of hydrogen-bond acceptors (Lipinski definition) is 3. The number of hydrogen-bond donors (Lipinski definition) is 2. The van der Waals surface area contributed by atoms with E-state index in [2.05, 4.69) is 15.3 Å². The van der Waals surface area contributed by atoms with Crippen molar-refractivity contribution in [3.05, 3.63) is 29.6 Å². The molecule has 0 saturated carbocycles. The molecule has 1 aromatic heterocycles. The lowest BCUT2D eigenvalue weighted by atomic mass is 10.2. The number of carbonyl (C=O) groups is 1. The number of H-pyrrole nitrogens is 1. The minimum absolute atomic E-state index is 0.140. The number of carbonyl (C=O) groups excluding carboxylic acids is 1. The first-order valence-corrected chi connectivity index (χ1v) is 4.82. The smallest absolute Gasteiger partial charge is 0.251 e. The van der Waals surface area contributed by atoms with E-state index in [1.54, 1.807) is 25.2 Å². The van der Waals surface area contributed by atoms with E-state index in [-0.39, 0.29) is 12.3 Å². The largest absolute Gasteiger partial charge is 0.355 e. The number of benzene rings is 1. The molecule has 5 nitrogen and oxygen atoms in total. The topological polar surface area (TPSA) is 81.6 Å². The van der Waals surface area contributed by atoms with Crippen LogP contribution in [-0.4, -0.2) is 22.9 Å². The summed E-state index contributed by atoms with van der Waals surface area (Å²) in [4.78, 5) is 18.6. The molecule has 2 aromatic rings. The first-order valence-electron chi connectivity index (χ1n) is 4.82. The van der Waals surface area contributed by atoms with Gasteiger partial charge in [-0.1, -0.05) is 0 Å². The van der Waals surface area contributed by atoms with E-state index in [9.17, 15) is 4.79 Å². The van der Waals surface area contributed by atoms with Crippen LogP contribution in [0.15, 0.2) is 18.2 Å². The molecule has 0 unspecified atom stereocenters. The summed E-state index contributed by atoms with van der Waals surface area (Å²) < 4.78 is 0. The molecule has 16 heavy (non-hydrogen) atoms. The number of aromatic nitrogens is 2. The Kier molecular flexibility index (Phi) is 2.56. The van der Waals surface area contributed by atoms with Crippen molar-refractivity contribution in [2.75, 3.05) is 7.05 Å². The monoisotopic (exact) mass is 214 g/mol. The molecule has 80 valence electrons. The zero-order valence-corrected chi connectivity index (χ0v) is 8.74. The number of fused-ring (bicyclic) bond motifs is 1. The van der Waals surface area contributed by atoms with Crippen LogP contribution in [0.3, 0.4) is 0 Å². The lowest BCUT2D eigenvalue weighted by Crippen LogP contribution is -2.17. The van der Waals surface area contributed by atoms with E-state index in [4.69, 9.17) is 5.26 Å². The van der Waals surface area contributed by atoms with Crippen molar-refractivity contribution >= 4 is 16.9 Å². The Morgan fingerprint density at radius 2 is 2.44 bits per heavy atom. The molecule has 0 aliphatic rings. The van der Waals surface area contributed by atoms with Crippen LogP contribution in [0.4, 0.5) is 0 Å². The predicted octanol–water partition coefficient (Wildman–Crippen LogP) is 0.989. The number of imidazole rings is 1. The fourth-order valence-electron chi connectivity index (χ4n) is 1.51. The third kappa shape index (κ3) is 1.73. The van der Waals surface area contributed by atoms with Crippen LogP contribution in [0.1, 0.15) is 16.2 Å². The zero-order valence-electron chi connectivity index (χ0n) is 8.74. The molecule has 5 heteroatoms. The summed E-state index contributed by atoms with van der Waals surface area (Å²) in [5.74, 6) is 0.477. The van der Waals surface area contributed by atoms with E-state index < -0.39 is 0 Å². The molecule has 1 amide bonds. The fourth-order valence-corrected chi connectivity index (χ4v) is 1.51. The van der Waals surface area contributed by atoms with Gasteiger partial charge in [0.05, 0.1) is 23.5 Å². The van der Waals surface area contributed by atoms with E-state index in [1.165, 1.54) is 0 Å². The molecule has 0 fully saturated rings. The van der Waals surface area contributed by atoms with Crippen molar-refractivity contribution < 1.29 is 4.79 Å². The summed E-state index contributed by atoms with van der Waals surface area (Å²) >= 11 is 0. The van der Waals surface area contributed by atoms with Crippen molar-refractivity contribution in [1.29, 1.82) is 5.26 Å². The molecule has 0 spiro atoms. The quantitative estimate of drug-likeness (QED) is 0.782. The molecule has 1 heterocycles. The van der Waals surface area contributed by atoms with Crippen LogP contribution in [0.5, 0.6) is 0 Å². The van der Waals surface area contributed by atoms with Gasteiger partial charge in [-0.3, -0.25) is 4.79 Å². The Morgan fingerprint density at radius 3 is 3.12 bits per heavy atom. The number of nitriles is 1. The van der Waals surface area contributed by atoms with Gasteiger partial charge < -0.3 is 10.3 Å². The molecule has 0 aliphatic carbocycles. The first kappa shape index (κ1) is 10.2. The Labute approximate surface area is 92.1 Å². The van der Waals surface area contributed by atoms with Crippen LogP contribution in [-0.2, 0) is 6.42 Å². The average Bonchev–Trinajstić information content (AvgIpc) is 2.69. The standard InChI is InChI=1S/C11H10N4O/c1-13-11(16)7-2-3-8-9(6-7)15-10(14-8)4-5-12/h2-3,6H,4H2,1H3,(H,13,16)(H,14,15). The number of nitrogens with zero attached hydrogens (tertiary/aromatic N) is 2. The summed E-state index contributed by atoms with van der Waals surface area (Å²) in [7, 11) is 1.58. The second kappa shape index (κ2) is 4.03. The predicted molar refractivity (Wildman–Crippen MR) is 58.8 cm³/mol. The molecule has 0 saturated heterocycles. The third-order valence-electron chi connectivity index (χ3n) is 2.27. The average molecular weight is 214 g/mol. The number of aromatic amines is 1. The Balaban J connectivity index is 2.46. The van der Waals surface area contributed by atoms with Crippen LogP contribution >= 0.6 is 0 Å². The normalized spacial score (nSPS) is 10.0. The van der Waals surface area contributed by atoms with Gasteiger partial charge >= 0.3 is 0 Å². The molecular weight excluding hydrogens is 204 g/mol. The fraction of sp³-hybridized carbons (Fsp3) is 0.182. The zero-order chi connectivity index (χ0) is 11.5. The minimum atomic E-state index is -0.140. The van der Waals surface area contributed by atoms with Crippen molar-refractivity contribution in [1.82, 2.24) is 15.3 Å². The Hall–Kier alpha value is -2.35. The lowest BCUT2D eigenvalue weighted by molar-refractivity contribution is 0.0963. The maximum absolute atomic E-state index is 11.4. The van der Waals surface area contributed by atoms with Crippen LogP contribution in [0.25, 0.3) is 11.0 Å². The third-order valence-corrected chi connectivity index (χ3v) is 2.27.